The van der Waals surface area contributed by atoms with Crippen LogP contribution in [-0.2, 0) is 11.2 Å². The normalized spacial score (nSPS) is 16.1. The van der Waals surface area contributed by atoms with Crippen LogP contribution in [0.2, 0.25) is 5.02 Å². The SMILES string of the molecule is C/C(=C/NC(CCNCCNCCc1nc2ccc(Cl)cc2[nH]1)=NCCC1CCCCN1)NC=O.Cl.Cl. The van der Waals surface area contributed by atoms with Crippen LogP contribution in [0.3, 0.4) is 0 Å². The largest absolute Gasteiger partial charge is 0.349 e. The van der Waals surface area contributed by atoms with Gasteiger partial charge in [-0.15, -0.1) is 24.8 Å². The summed E-state index contributed by atoms with van der Waals surface area (Å²) in [5, 5.41) is 17.1. The average molecular weight is 576 g/mol. The van der Waals surface area contributed by atoms with Gasteiger partial charge >= 0.3 is 0 Å². The first-order valence-corrected chi connectivity index (χ1v) is 13.0. The number of piperidine rings is 1. The molecule has 1 atom stereocenters. The third-order valence-electron chi connectivity index (χ3n) is 5.98. The molecule has 0 bridgehead atoms. The molecule has 0 radical (unpaired) electrons. The third-order valence-corrected chi connectivity index (χ3v) is 6.22. The minimum absolute atomic E-state index is 0. The average Bonchev–Trinajstić information content (AvgIpc) is 3.26. The van der Waals surface area contributed by atoms with Crippen LogP contribution >= 0.6 is 36.4 Å². The van der Waals surface area contributed by atoms with E-state index in [0.29, 0.717) is 17.5 Å². The number of aromatic nitrogens is 2. The lowest BCUT2D eigenvalue weighted by atomic mass is 10.0. The maximum Gasteiger partial charge on any atom is 0.211 e. The highest BCUT2D eigenvalue weighted by Gasteiger charge is 2.11. The Hall–Kier alpha value is -1.88. The molecule has 1 unspecified atom stereocenters. The summed E-state index contributed by atoms with van der Waals surface area (Å²) < 4.78 is 0. The van der Waals surface area contributed by atoms with Crippen LogP contribution in [0, 0.1) is 0 Å². The summed E-state index contributed by atoms with van der Waals surface area (Å²) in [5.41, 5.74) is 2.67. The van der Waals surface area contributed by atoms with Gasteiger partial charge in [-0.05, 0) is 50.9 Å². The van der Waals surface area contributed by atoms with Crippen molar-refractivity contribution in [2.75, 3.05) is 39.3 Å². The van der Waals surface area contributed by atoms with Gasteiger partial charge in [0.15, 0.2) is 0 Å². The molecular formula is C25H41Cl3N8O. The third kappa shape index (κ3) is 13.0. The van der Waals surface area contributed by atoms with Crippen LogP contribution in [0.5, 0.6) is 0 Å². The summed E-state index contributed by atoms with van der Waals surface area (Å²) in [6.45, 7) is 7.18. The molecule has 0 aliphatic carbocycles. The fourth-order valence-electron chi connectivity index (χ4n) is 4.04. The molecule has 12 heteroatoms. The van der Waals surface area contributed by atoms with Gasteiger partial charge in [0.1, 0.15) is 11.7 Å². The molecule has 1 aromatic carbocycles. The Kier molecular flexibility index (Phi) is 17.2. The van der Waals surface area contributed by atoms with E-state index < -0.39 is 0 Å². The number of amidine groups is 1. The molecule has 1 aromatic heterocycles. The van der Waals surface area contributed by atoms with Crippen molar-refractivity contribution in [1.29, 1.82) is 0 Å². The number of carbonyl (C=O) groups is 1. The Morgan fingerprint density at radius 2 is 1.97 bits per heavy atom. The smallest absolute Gasteiger partial charge is 0.211 e. The number of aliphatic imine (C=N–C) groups is 1. The standard InChI is InChI=1S/C25H39ClN8O.2ClH/c1-19(32-18-35)17-31-24(30-13-7-21-4-2-3-10-29-21)8-11-27-14-15-28-12-9-25-33-22-6-5-20(26)16-23(22)34-25;;/h5-6,16-18,21,27-29H,2-4,7-15H2,1H3,(H,30,31)(H,32,35)(H,33,34);2*1H/b19-17-;;. The van der Waals surface area contributed by atoms with Crippen LogP contribution in [0.15, 0.2) is 35.1 Å². The van der Waals surface area contributed by atoms with E-state index >= 15 is 0 Å². The van der Waals surface area contributed by atoms with E-state index in [9.17, 15) is 4.79 Å². The second kappa shape index (κ2) is 19.2. The van der Waals surface area contributed by atoms with Crippen LogP contribution in [0.1, 0.15) is 44.9 Å². The monoisotopic (exact) mass is 574 g/mol. The number of imidazole rings is 1. The first-order valence-electron chi connectivity index (χ1n) is 12.6. The molecule has 37 heavy (non-hydrogen) atoms. The zero-order chi connectivity index (χ0) is 24.7. The van der Waals surface area contributed by atoms with Gasteiger partial charge in [-0.25, -0.2) is 4.98 Å². The molecule has 2 aromatic rings. The van der Waals surface area contributed by atoms with Crippen molar-refractivity contribution in [1.82, 2.24) is 36.6 Å². The topological polar surface area (TPSA) is 118 Å². The van der Waals surface area contributed by atoms with E-state index in [1.165, 1.54) is 19.3 Å². The highest BCUT2D eigenvalue weighted by molar-refractivity contribution is 6.31. The van der Waals surface area contributed by atoms with Crippen LogP contribution < -0.4 is 26.6 Å². The van der Waals surface area contributed by atoms with Crippen LogP contribution in [0.25, 0.3) is 11.0 Å². The van der Waals surface area contributed by atoms with Gasteiger partial charge in [0.25, 0.3) is 0 Å². The van der Waals surface area contributed by atoms with Gasteiger partial charge in [-0.2, -0.15) is 0 Å². The van der Waals surface area contributed by atoms with Crippen molar-refractivity contribution in [3.8, 4) is 0 Å². The fraction of sp³-hybridized carbons (Fsp3) is 0.560. The van der Waals surface area contributed by atoms with E-state index in [4.69, 9.17) is 16.6 Å². The summed E-state index contributed by atoms with van der Waals surface area (Å²) in [6, 6.07) is 6.27. The minimum atomic E-state index is 0. The highest BCUT2D eigenvalue weighted by atomic mass is 35.5. The lowest BCUT2D eigenvalue weighted by molar-refractivity contribution is -0.108. The molecule has 6 N–H and O–H groups in total. The zero-order valence-corrected chi connectivity index (χ0v) is 23.8. The number of nitrogens with one attached hydrogen (secondary N) is 6. The number of benzene rings is 1. The van der Waals surface area contributed by atoms with E-state index in [1.807, 2.05) is 25.1 Å². The van der Waals surface area contributed by atoms with Gasteiger partial charge < -0.3 is 31.6 Å². The summed E-state index contributed by atoms with van der Waals surface area (Å²) in [5.74, 6) is 1.89. The lowest BCUT2D eigenvalue weighted by Gasteiger charge is -2.22. The van der Waals surface area contributed by atoms with Gasteiger partial charge in [0, 0.05) is 68.5 Å². The first kappa shape index (κ1) is 33.1. The van der Waals surface area contributed by atoms with Gasteiger partial charge in [0.2, 0.25) is 6.41 Å². The van der Waals surface area contributed by atoms with Crippen molar-refractivity contribution >= 4 is 59.7 Å². The summed E-state index contributed by atoms with van der Waals surface area (Å²) >= 11 is 6.04. The summed E-state index contributed by atoms with van der Waals surface area (Å²) in [6.07, 6.45) is 8.97. The number of allylic oxidation sites excluding steroid dienone is 1. The number of H-pyrrole nitrogens is 1. The number of halogens is 3. The molecule has 1 aliphatic rings. The predicted molar refractivity (Wildman–Crippen MR) is 158 cm³/mol. The highest BCUT2D eigenvalue weighted by Crippen LogP contribution is 2.17. The number of amides is 1. The first-order chi connectivity index (χ1) is 17.1. The number of rotatable bonds is 15. The lowest BCUT2D eigenvalue weighted by Crippen LogP contribution is -2.34. The number of nitrogens with zero attached hydrogens (tertiary/aromatic N) is 2. The van der Waals surface area contributed by atoms with Gasteiger partial charge in [-0.3, -0.25) is 9.79 Å². The number of hydrogen-bond donors (Lipinski definition) is 6. The summed E-state index contributed by atoms with van der Waals surface area (Å²) in [4.78, 5) is 23.3. The Labute approximate surface area is 237 Å². The molecule has 3 rings (SSSR count). The quantitative estimate of drug-likeness (QED) is 0.0840. The minimum Gasteiger partial charge on any atom is -0.349 e. The predicted octanol–water partition coefficient (Wildman–Crippen LogP) is 3.30. The number of hydrogen-bond acceptors (Lipinski definition) is 6. The second-order valence-electron chi connectivity index (χ2n) is 8.84. The molecule has 9 nitrogen and oxygen atoms in total. The zero-order valence-electron chi connectivity index (χ0n) is 21.4. The Balaban J connectivity index is 0.00000342. The Bertz CT molecular complexity index is 976. The van der Waals surface area contributed by atoms with Crippen LogP contribution in [0.4, 0.5) is 0 Å². The summed E-state index contributed by atoms with van der Waals surface area (Å²) in [7, 11) is 0. The molecule has 1 saturated heterocycles. The number of aromatic amines is 1. The van der Waals surface area contributed by atoms with Crippen LogP contribution in [-0.4, -0.2) is 67.5 Å². The number of carbonyl (C=O) groups excluding carboxylic acids is 1. The molecule has 208 valence electrons. The Morgan fingerprint density at radius 3 is 2.73 bits per heavy atom. The number of fused-ring (bicyclic) bond motifs is 1. The molecule has 1 aliphatic heterocycles. The molecule has 1 amide bonds. The van der Waals surface area contributed by atoms with E-state index in [2.05, 4.69) is 36.6 Å². The van der Waals surface area contributed by atoms with E-state index in [1.54, 1.807) is 6.20 Å². The second-order valence-corrected chi connectivity index (χ2v) is 9.28. The van der Waals surface area contributed by atoms with E-state index in [0.717, 1.165) is 86.9 Å². The van der Waals surface area contributed by atoms with Crippen molar-refractivity contribution in [3.05, 3.63) is 40.9 Å². The molecule has 1 fully saturated rings. The van der Waals surface area contributed by atoms with E-state index in [-0.39, 0.29) is 24.8 Å². The maximum absolute atomic E-state index is 10.6. The molecule has 0 saturated carbocycles. The van der Waals surface area contributed by atoms with Gasteiger partial charge in [0.05, 0.1) is 11.0 Å². The van der Waals surface area contributed by atoms with Crippen molar-refractivity contribution in [3.63, 3.8) is 0 Å². The maximum atomic E-state index is 10.6. The Morgan fingerprint density at radius 1 is 1.16 bits per heavy atom. The molecular weight excluding hydrogens is 535 g/mol. The van der Waals surface area contributed by atoms with Crippen molar-refractivity contribution < 1.29 is 4.79 Å². The van der Waals surface area contributed by atoms with Crippen molar-refractivity contribution in [2.24, 2.45) is 4.99 Å². The molecule has 2 heterocycles. The van der Waals surface area contributed by atoms with Crippen molar-refractivity contribution in [2.45, 2.75) is 51.5 Å². The molecule has 0 spiro atoms. The fourth-order valence-corrected chi connectivity index (χ4v) is 4.21. The van der Waals surface area contributed by atoms with Gasteiger partial charge in [-0.1, -0.05) is 18.0 Å².